The number of fused-ring (bicyclic) bond motifs is 1. The van der Waals surface area contributed by atoms with Gasteiger partial charge >= 0.3 is 5.97 Å². The van der Waals surface area contributed by atoms with Crippen molar-refractivity contribution in [1.82, 2.24) is 4.98 Å². The topological polar surface area (TPSA) is 76.2 Å². The first-order chi connectivity index (χ1) is 8.65. The van der Waals surface area contributed by atoms with Crippen molar-refractivity contribution in [2.45, 2.75) is 25.7 Å². The van der Waals surface area contributed by atoms with Crippen LogP contribution in [0.3, 0.4) is 0 Å². The lowest BCUT2D eigenvalue weighted by Gasteiger charge is -2.08. The monoisotopic (exact) mass is 280 g/mol. The van der Waals surface area contributed by atoms with Crippen LogP contribution >= 0.6 is 22.7 Å². The van der Waals surface area contributed by atoms with Gasteiger partial charge in [-0.15, -0.1) is 11.3 Å². The van der Waals surface area contributed by atoms with Crippen molar-refractivity contribution < 1.29 is 9.90 Å². The summed E-state index contributed by atoms with van der Waals surface area (Å²) >= 11 is 2.98. The van der Waals surface area contributed by atoms with Crippen LogP contribution in [0.15, 0.2) is 6.07 Å². The maximum Gasteiger partial charge on any atom is 0.357 e. The number of hydrogen-bond donors (Lipinski definition) is 2. The summed E-state index contributed by atoms with van der Waals surface area (Å²) < 4.78 is 0. The standard InChI is InChI=1S/C12H12N2O2S2/c13-10-9(12(15)16)14-11(18-10)8-5-6-3-1-2-4-7(6)17-8/h5H,1-4,13H2,(H,15,16). The third-order valence-corrected chi connectivity index (χ3v) is 5.35. The summed E-state index contributed by atoms with van der Waals surface area (Å²) in [7, 11) is 0. The average molecular weight is 280 g/mol. The quantitative estimate of drug-likeness (QED) is 0.886. The minimum absolute atomic E-state index is 0.0265. The molecule has 0 saturated heterocycles. The molecule has 94 valence electrons. The number of hydrogen-bond acceptors (Lipinski definition) is 5. The highest BCUT2D eigenvalue weighted by molar-refractivity contribution is 7.24. The van der Waals surface area contributed by atoms with E-state index in [2.05, 4.69) is 11.1 Å². The lowest BCUT2D eigenvalue weighted by Crippen LogP contribution is -2.00. The Morgan fingerprint density at radius 1 is 1.33 bits per heavy atom. The van der Waals surface area contributed by atoms with Gasteiger partial charge in [-0.25, -0.2) is 9.78 Å². The van der Waals surface area contributed by atoms with Gasteiger partial charge in [-0.05, 0) is 37.3 Å². The van der Waals surface area contributed by atoms with Gasteiger partial charge in [0.2, 0.25) is 0 Å². The van der Waals surface area contributed by atoms with Crippen LogP contribution < -0.4 is 5.73 Å². The number of nitrogens with zero attached hydrogens (tertiary/aromatic N) is 1. The number of thiophene rings is 1. The number of carboxylic acids is 1. The Labute approximate surface area is 112 Å². The molecule has 3 rings (SSSR count). The van der Waals surface area contributed by atoms with Crippen LogP contribution in [0.2, 0.25) is 0 Å². The third-order valence-electron chi connectivity index (χ3n) is 3.06. The molecule has 0 aromatic carbocycles. The fourth-order valence-electron chi connectivity index (χ4n) is 2.19. The van der Waals surface area contributed by atoms with Crippen molar-refractivity contribution in [1.29, 1.82) is 0 Å². The van der Waals surface area contributed by atoms with Crippen molar-refractivity contribution in [3.05, 3.63) is 22.2 Å². The van der Waals surface area contributed by atoms with Crippen molar-refractivity contribution in [3.63, 3.8) is 0 Å². The molecule has 4 nitrogen and oxygen atoms in total. The van der Waals surface area contributed by atoms with Gasteiger partial charge in [0.05, 0.1) is 4.88 Å². The maximum atomic E-state index is 10.9. The molecular weight excluding hydrogens is 268 g/mol. The van der Waals surface area contributed by atoms with Crippen LogP contribution in [-0.4, -0.2) is 16.1 Å². The first-order valence-corrected chi connectivity index (χ1v) is 7.40. The van der Waals surface area contributed by atoms with E-state index in [0.29, 0.717) is 0 Å². The molecule has 2 aromatic heterocycles. The molecule has 0 saturated carbocycles. The van der Waals surface area contributed by atoms with Gasteiger partial charge in [0.15, 0.2) is 5.69 Å². The molecule has 0 radical (unpaired) electrons. The van der Waals surface area contributed by atoms with Crippen LogP contribution in [0.1, 0.15) is 33.8 Å². The molecule has 0 aliphatic heterocycles. The molecule has 2 heterocycles. The Kier molecular flexibility index (Phi) is 2.83. The first-order valence-electron chi connectivity index (χ1n) is 5.76. The van der Waals surface area contributed by atoms with E-state index in [4.69, 9.17) is 10.8 Å². The number of rotatable bonds is 2. The number of anilines is 1. The lowest BCUT2D eigenvalue weighted by molar-refractivity contribution is 0.0692. The van der Waals surface area contributed by atoms with Crippen LogP contribution in [0.4, 0.5) is 5.00 Å². The normalized spacial score (nSPS) is 14.4. The SMILES string of the molecule is Nc1sc(-c2cc3c(s2)CCCC3)nc1C(=O)O. The Bertz CT molecular complexity index is 592. The highest BCUT2D eigenvalue weighted by Gasteiger charge is 2.19. The van der Waals surface area contributed by atoms with Gasteiger partial charge in [0.1, 0.15) is 10.0 Å². The Morgan fingerprint density at radius 2 is 2.11 bits per heavy atom. The van der Waals surface area contributed by atoms with Crippen molar-refractivity contribution in [2.75, 3.05) is 5.73 Å². The number of aryl methyl sites for hydroxylation is 2. The molecule has 0 spiro atoms. The van der Waals surface area contributed by atoms with E-state index >= 15 is 0 Å². The molecule has 0 bridgehead atoms. The molecule has 1 aliphatic rings. The molecule has 1 aliphatic carbocycles. The second-order valence-corrected chi connectivity index (χ2v) is 6.47. The minimum atomic E-state index is -1.06. The predicted octanol–water partition coefficient (Wildman–Crippen LogP) is 3.03. The maximum absolute atomic E-state index is 10.9. The smallest absolute Gasteiger partial charge is 0.357 e. The van der Waals surface area contributed by atoms with Crippen molar-refractivity contribution >= 4 is 33.6 Å². The predicted molar refractivity (Wildman–Crippen MR) is 73.4 cm³/mol. The number of carbonyl (C=O) groups is 1. The second kappa shape index (κ2) is 4.37. The summed E-state index contributed by atoms with van der Waals surface area (Å²) in [5, 5.41) is 9.96. The van der Waals surface area contributed by atoms with Gasteiger partial charge in [-0.3, -0.25) is 0 Å². The number of aromatic carboxylic acids is 1. The number of nitrogens with two attached hydrogens (primary N) is 1. The summed E-state index contributed by atoms with van der Waals surface area (Å²) in [5.74, 6) is -1.06. The fourth-order valence-corrected chi connectivity index (χ4v) is 4.31. The zero-order valence-corrected chi connectivity index (χ0v) is 11.2. The zero-order valence-electron chi connectivity index (χ0n) is 9.60. The molecule has 0 fully saturated rings. The first kappa shape index (κ1) is 11.7. The Balaban J connectivity index is 2.02. The van der Waals surface area contributed by atoms with E-state index in [1.807, 2.05) is 0 Å². The highest BCUT2D eigenvalue weighted by atomic mass is 32.1. The summed E-state index contributed by atoms with van der Waals surface area (Å²) in [5.41, 5.74) is 7.05. The molecule has 2 aromatic rings. The lowest BCUT2D eigenvalue weighted by atomic mass is 9.99. The molecule has 0 unspecified atom stereocenters. The molecule has 3 N–H and O–H groups in total. The molecule has 0 amide bonds. The highest BCUT2D eigenvalue weighted by Crippen LogP contribution is 2.38. The Morgan fingerprint density at radius 3 is 2.78 bits per heavy atom. The summed E-state index contributed by atoms with van der Waals surface area (Å²) in [6, 6.07) is 2.14. The summed E-state index contributed by atoms with van der Waals surface area (Å²) in [6.45, 7) is 0. The van der Waals surface area contributed by atoms with Gasteiger partial charge in [-0.2, -0.15) is 0 Å². The fraction of sp³-hybridized carbons (Fsp3) is 0.333. The average Bonchev–Trinajstić information content (AvgIpc) is 2.91. The van der Waals surface area contributed by atoms with Gasteiger partial charge in [0.25, 0.3) is 0 Å². The molecule has 18 heavy (non-hydrogen) atoms. The molecular formula is C12H12N2O2S2. The van der Waals surface area contributed by atoms with Crippen LogP contribution in [-0.2, 0) is 12.8 Å². The summed E-state index contributed by atoms with van der Waals surface area (Å²) in [4.78, 5) is 17.5. The van der Waals surface area contributed by atoms with E-state index in [0.717, 1.165) is 22.7 Å². The largest absolute Gasteiger partial charge is 0.476 e. The van der Waals surface area contributed by atoms with Crippen molar-refractivity contribution in [3.8, 4) is 9.88 Å². The van der Waals surface area contributed by atoms with Gasteiger partial charge in [0, 0.05) is 4.88 Å². The summed E-state index contributed by atoms with van der Waals surface area (Å²) in [6.07, 6.45) is 4.74. The van der Waals surface area contributed by atoms with Crippen LogP contribution in [0.5, 0.6) is 0 Å². The molecule has 6 heteroatoms. The van der Waals surface area contributed by atoms with E-state index in [-0.39, 0.29) is 10.7 Å². The Hall–Kier alpha value is -1.40. The van der Waals surface area contributed by atoms with E-state index in [1.54, 1.807) is 11.3 Å². The van der Waals surface area contributed by atoms with Crippen LogP contribution in [0.25, 0.3) is 9.88 Å². The van der Waals surface area contributed by atoms with Crippen molar-refractivity contribution in [2.24, 2.45) is 0 Å². The third kappa shape index (κ3) is 1.91. The van der Waals surface area contributed by atoms with E-state index in [1.165, 1.54) is 34.6 Å². The molecule has 0 atom stereocenters. The minimum Gasteiger partial charge on any atom is -0.476 e. The number of thiazole rings is 1. The van der Waals surface area contributed by atoms with E-state index in [9.17, 15) is 4.79 Å². The zero-order chi connectivity index (χ0) is 12.7. The second-order valence-electron chi connectivity index (χ2n) is 4.30. The van der Waals surface area contributed by atoms with Crippen LogP contribution in [0, 0.1) is 0 Å². The number of aromatic nitrogens is 1. The van der Waals surface area contributed by atoms with Gasteiger partial charge in [-0.1, -0.05) is 11.3 Å². The number of nitrogen functional groups attached to an aromatic ring is 1. The van der Waals surface area contributed by atoms with Gasteiger partial charge < -0.3 is 10.8 Å². The van der Waals surface area contributed by atoms with E-state index < -0.39 is 5.97 Å². The number of carboxylic acid groups (broad SMARTS) is 1.